The van der Waals surface area contributed by atoms with Crippen LogP contribution in [0.25, 0.3) is 6.08 Å². The standard InChI is InChI=1S/C25H32OS/c1-4-7-9-21-13-11-20(19-23(21)10-8-5-2)12-18-25(26)22-14-16-24(17-15-22)27-6-3/h11-19H,4-10H2,1-3H3. The molecule has 2 aromatic carbocycles. The molecule has 0 saturated heterocycles. The number of carbonyl (C=O) groups is 1. The molecule has 0 aliphatic rings. The number of allylic oxidation sites excluding steroid dienone is 1. The number of aryl methyl sites for hydroxylation is 2. The van der Waals surface area contributed by atoms with Crippen LogP contribution in [0.5, 0.6) is 0 Å². The van der Waals surface area contributed by atoms with Gasteiger partial charge in [0.1, 0.15) is 0 Å². The Hall–Kier alpha value is -1.80. The van der Waals surface area contributed by atoms with Crippen molar-refractivity contribution in [3.8, 4) is 0 Å². The van der Waals surface area contributed by atoms with E-state index in [9.17, 15) is 4.79 Å². The molecule has 0 N–H and O–H groups in total. The summed E-state index contributed by atoms with van der Waals surface area (Å²) < 4.78 is 0. The maximum atomic E-state index is 12.5. The average molecular weight is 381 g/mol. The van der Waals surface area contributed by atoms with E-state index in [-0.39, 0.29) is 5.78 Å². The summed E-state index contributed by atoms with van der Waals surface area (Å²) in [5, 5.41) is 0. The fraction of sp³-hybridized carbons (Fsp3) is 0.400. The molecule has 0 unspecified atom stereocenters. The van der Waals surface area contributed by atoms with E-state index < -0.39 is 0 Å². The van der Waals surface area contributed by atoms with Crippen molar-refractivity contribution in [3.63, 3.8) is 0 Å². The molecule has 2 heteroatoms. The highest BCUT2D eigenvalue weighted by molar-refractivity contribution is 7.99. The van der Waals surface area contributed by atoms with E-state index in [2.05, 4.69) is 39.0 Å². The largest absolute Gasteiger partial charge is 0.289 e. The number of ketones is 1. The minimum absolute atomic E-state index is 0.0632. The highest BCUT2D eigenvalue weighted by atomic mass is 32.2. The SMILES string of the molecule is CCCCc1ccc(C=CC(=O)c2ccc(SCC)cc2)cc1CCCC. The molecule has 2 rings (SSSR count). The van der Waals surface area contributed by atoms with Crippen LogP contribution in [-0.2, 0) is 12.8 Å². The molecule has 0 spiro atoms. The number of carbonyl (C=O) groups excluding carboxylic acids is 1. The van der Waals surface area contributed by atoms with Gasteiger partial charge in [0.05, 0.1) is 0 Å². The van der Waals surface area contributed by atoms with Gasteiger partial charge in [-0.15, -0.1) is 11.8 Å². The Labute approximate surface area is 169 Å². The lowest BCUT2D eigenvalue weighted by molar-refractivity contribution is 0.104. The number of hydrogen-bond acceptors (Lipinski definition) is 2. The van der Waals surface area contributed by atoms with E-state index in [1.165, 1.54) is 41.7 Å². The van der Waals surface area contributed by atoms with Crippen molar-refractivity contribution < 1.29 is 4.79 Å². The Morgan fingerprint density at radius 1 is 0.889 bits per heavy atom. The molecule has 0 saturated carbocycles. The second-order valence-electron chi connectivity index (χ2n) is 6.89. The molecule has 0 radical (unpaired) electrons. The Kier molecular flexibility index (Phi) is 9.41. The highest BCUT2D eigenvalue weighted by Crippen LogP contribution is 2.20. The molecule has 0 fully saturated rings. The van der Waals surface area contributed by atoms with Crippen LogP contribution < -0.4 is 0 Å². The monoisotopic (exact) mass is 380 g/mol. The van der Waals surface area contributed by atoms with Gasteiger partial charge in [0.2, 0.25) is 0 Å². The fourth-order valence-electron chi connectivity index (χ4n) is 3.11. The Bertz CT molecular complexity index is 743. The third-order valence-electron chi connectivity index (χ3n) is 4.71. The summed E-state index contributed by atoms with van der Waals surface area (Å²) in [6.07, 6.45) is 10.8. The third kappa shape index (κ3) is 7.03. The van der Waals surface area contributed by atoms with Crippen LogP contribution in [0, 0.1) is 0 Å². The van der Waals surface area contributed by atoms with Crippen molar-refractivity contribution in [3.05, 3.63) is 70.8 Å². The van der Waals surface area contributed by atoms with Crippen molar-refractivity contribution in [2.75, 3.05) is 5.75 Å². The summed E-state index contributed by atoms with van der Waals surface area (Å²) in [6, 6.07) is 14.6. The number of hydrogen-bond donors (Lipinski definition) is 0. The van der Waals surface area contributed by atoms with Crippen molar-refractivity contribution in [2.45, 2.75) is 64.2 Å². The van der Waals surface area contributed by atoms with E-state index in [4.69, 9.17) is 0 Å². The molecular formula is C25H32OS. The smallest absolute Gasteiger partial charge is 0.185 e. The zero-order chi connectivity index (χ0) is 19.5. The lowest BCUT2D eigenvalue weighted by Crippen LogP contribution is -1.97. The summed E-state index contributed by atoms with van der Waals surface area (Å²) in [4.78, 5) is 13.7. The van der Waals surface area contributed by atoms with Gasteiger partial charge in [0.25, 0.3) is 0 Å². The molecule has 27 heavy (non-hydrogen) atoms. The predicted molar refractivity (Wildman–Crippen MR) is 120 cm³/mol. The maximum absolute atomic E-state index is 12.5. The number of benzene rings is 2. The van der Waals surface area contributed by atoms with Crippen molar-refractivity contribution >= 4 is 23.6 Å². The summed E-state index contributed by atoms with van der Waals surface area (Å²) in [7, 11) is 0. The second-order valence-corrected chi connectivity index (χ2v) is 8.23. The average Bonchev–Trinajstić information content (AvgIpc) is 2.70. The molecule has 0 heterocycles. The van der Waals surface area contributed by atoms with E-state index in [0.717, 1.165) is 29.7 Å². The van der Waals surface area contributed by atoms with Gasteiger partial charge < -0.3 is 0 Å². The number of thioether (sulfide) groups is 1. The van der Waals surface area contributed by atoms with Gasteiger partial charge in [-0.1, -0.05) is 57.9 Å². The zero-order valence-electron chi connectivity index (χ0n) is 17.0. The Morgan fingerprint density at radius 3 is 2.19 bits per heavy atom. The maximum Gasteiger partial charge on any atom is 0.185 e. The molecule has 0 aromatic heterocycles. The predicted octanol–water partition coefficient (Wildman–Crippen LogP) is 7.38. The molecule has 0 aliphatic carbocycles. The topological polar surface area (TPSA) is 17.1 Å². The summed E-state index contributed by atoms with van der Waals surface area (Å²) in [6.45, 7) is 6.61. The lowest BCUT2D eigenvalue weighted by atomic mass is 9.95. The van der Waals surface area contributed by atoms with Crippen LogP contribution >= 0.6 is 11.8 Å². The van der Waals surface area contributed by atoms with Crippen LogP contribution in [0.4, 0.5) is 0 Å². The van der Waals surface area contributed by atoms with Crippen molar-refractivity contribution in [2.24, 2.45) is 0 Å². The Balaban J connectivity index is 2.10. The van der Waals surface area contributed by atoms with Crippen molar-refractivity contribution in [1.29, 1.82) is 0 Å². The van der Waals surface area contributed by atoms with Gasteiger partial charge in [-0.05, 0) is 78.5 Å². The summed E-state index contributed by atoms with van der Waals surface area (Å²) in [5.74, 6) is 1.11. The molecule has 0 aliphatic heterocycles. The van der Waals surface area contributed by atoms with E-state index in [0.29, 0.717) is 0 Å². The number of rotatable bonds is 11. The quantitative estimate of drug-likeness (QED) is 0.230. The van der Waals surface area contributed by atoms with E-state index in [1.807, 2.05) is 30.3 Å². The fourth-order valence-corrected chi connectivity index (χ4v) is 3.77. The number of unbranched alkanes of at least 4 members (excludes halogenated alkanes) is 2. The van der Waals surface area contributed by atoms with Gasteiger partial charge >= 0.3 is 0 Å². The molecule has 0 atom stereocenters. The summed E-state index contributed by atoms with van der Waals surface area (Å²) >= 11 is 1.79. The molecule has 144 valence electrons. The second kappa shape index (κ2) is 11.8. The first-order chi connectivity index (χ1) is 13.2. The third-order valence-corrected chi connectivity index (χ3v) is 5.60. The summed E-state index contributed by atoms with van der Waals surface area (Å²) in [5.41, 5.74) is 4.78. The first kappa shape index (κ1) is 21.5. The molecule has 1 nitrogen and oxygen atoms in total. The van der Waals surface area contributed by atoms with Gasteiger partial charge in [0, 0.05) is 10.5 Å². The first-order valence-electron chi connectivity index (χ1n) is 10.2. The van der Waals surface area contributed by atoms with Crippen molar-refractivity contribution in [1.82, 2.24) is 0 Å². The van der Waals surface area contributed by atoms with Crippen LogP contribution in [0.15, 0.2) is 53.4 Å². The normalized spacial score (nSPS) is 11.2. The van der Waals surface area contributed by atoms with Crippen LogP contribution in [0.3, 0.4) is 0 Å². The lowest BCUT2D eigenvalue weighted by Gasteiger charge is -2.10. The molecule has 0 amide bonds. The molecule has 0 bridgehead atoms. The zero-order valence-corrected chi connectivity index (χ0v) is 17.8. The Morgan fingerprint density at radius 2 is 1.56 bits per heavy atom. The molecular weight excluding hydrogens is 348 g/mol. The minimum Gasteiger partial charge on any atom is -0.289 e. The van der Waals surface area contributed by atoms with Gasteiger partial charge in [-0.2, -0.15) is 0 Å². The van der Waals surface area contributed by atoms with Crippen LogP contribution in [0.2, 0.25) is 0 Å². The molecule has 2 aromatic rings. The first-order valence-corrected chi connectivity index (χ1v) is 11.2. The van der Waals surface area contributed by atoms with Crippen LogP contribution in [0.1, 0.15) is 73.5 Å². The van der Waals surface area contributed by atoms with E-state index >= 15 is 0 Å². The van der Waals surface area contributed by atoms with Crippen LogP contribution in [-0.4, -0.2) is 11.5 Å². The minimum atomic E-state index is 0.0632. The highest BCUT2D eigenvalue weighted by Gasteiger charge is 2.05. The van der Waals surface area contributed by atoms with Gasteiger partial charge in [-0.3, -0.25) is 4.79 Å². The van der Waals surface area contributed by atoms with Gasteiger partial charge in [-0.25, -0.2) is 0 Å². The van der Waals surface area contributed by atoms with E-state index in [1.54, 1.807) is 17.8 Å². The van der Waals surface area contributed by atoms with Gasteiger partial charge in [0.15, 0.2) is 5.78 Å².